The molecule has 4 aliphatic carbocycles. The molecule has 4 rings (SSSR count). The highest BCUT2D eigenvalue weighted by Gasteiger charge is 2.66. The molecule has 4 fully saturated rings. The number of hydrogen-bond acceptors (Lipinski definition) is 5. The predicted molar refractivity (Wildman–Crippen MR) is 94.8 cm³/mol. The Morgan fingerprint density at radius 1 is 1.00 bits per heavy atom. The van der Waals surface area contributed by atoms with Gasteiger partial charge in [-0.1, -0.05) is 13.8 Å². The fourth-order valence-electron chi connectivity index (χ4n) is 6.67. The third kappa shape index (κ3) is 2.87. The van der Waals surface area contributed by atoms with Crippen LogP contribution in [0.25, 0.3) is 0 Å². The van der Waals surface area contributed by atoms with Crippen LogP contribution in [0, 0.1) is 47.3 Å². The Morgan fingerprint density at radius 2 is 1.73 bits per heavy atom. The zero-order valence-corrected chi connectivity index (χ0v) is 16.2. The highest BCUT2D eigenvalue weighted by Crippen LogP contribution is 2.69. The fraction of sp³-hybridized carbons (Fsp3) is 0.905. The van der Waals surface area contributed by atoms with Gasteiger partial charge in [0.05, 0.1) is 11.8 Å². The minimum absolute atomic E-state index is 0.0203. The Labute approximate surface area is 156 Å². The van der Waals surface area contributed by atoms with Crippen LogP contribution in [0.3, 0.4) is 0 Å². The summed E-state index contributed by atoms with van der Waals surface area (Å²) in [4.78, 5) is 24.8. The molecule has 0 aromatic rings. The standard InChI is InChI=1S/C21H32O5/c1-4-11(3)20(22)26-17-9-13-8-16(17)19-14-6-12(18(13)19)7-15(14)21(23)25-10-24-5-2/h11-19H,4-10H2,1-3H3. The second-order valence-corrected chi connectivity index (χ2v) is 8.91. The van der Waals surface area contributed by atoms with Crippen molar-refractivity contribution < 1.29 is 23.8 Å². The van der Waals surface area contributed by atoms with Crippen molar-refractivity contribution in [3.8, 4) is 0 Å². The fourth-order valence-corrected chi connectivity index (χ4v) is 6.67. The van der Waals surface area contributed by atoms with Crippen molar-refractivity contribution in [3.05, 3.63) is 0 Å². The van der Waals surface area contributed by atoms with E-state index in [-0.39, 0.29) is 36.7 Å². The summed E-state index contributed by atoms with van der Waals surface area (Å²) in [6.07, 6.45) is 5.25. The van der Waals surface area contributed by atoms with Crippen LogP contribution in [-0.4, -0.2) is 31.4 Å². The van der Waals surface area contributed by atoms with Gasteiger partial charge in [-0.15, -0.1) is 0 Å². The molecule has 4 bridgehead atoms. The number of carbonyl (C=O) groups excluding carboxylic acids is 2. The van der Waals surface area contributed by atoms with Gasteiger partial charge in [0, 0.05) is 6.61 Å². The molecule has 146 valence electrons. The van der Waals surface area contributed by atoms with Crippen LogP contribution in [0.2, 0.25) is 0 Å². The molecule has 5 heteroatoms. The molecular weight excluding hydrogens is 332 g/mol. The normalized spacial score (nSPS) is 43.3. The highest BCUT2D eigenvalue weighted by atomic mass is 16.7. The smallest absolute Gasteiger partial charge is 0.311 e. The first-order chi connectivity index (χ1) is 12.5. The van der Waals surface area contributed by atoms with Gasteiger partial charge in [0.15, 0.2) is 6.79 Å². The van der Waals surface area contributed by atoms with Crippen molar-refractivity contribution in [3.63, 3.8) is 0 Å². The number of rotatable bonds is 7. The van der Waals surface area contributed by atoms with Crippen LogP contribution < -0.4 is 0 Å². The first kappa shape index (κ1) is 18.3. The average Bonchev–Trinajstić information content (AvgIpc) is 3.38. The number of carbonyl (C=O) groups is 2. The molecule has 0 aromatic carbocycles. The largest absolute Gasteiger partial charge is 0.462 e. The molecule has 26 heavy (non-hydrogen) atoms. The van der Waals surface area contributed by atoms with E-state index >= 15 is 0 Å². The predicted octanol–water partition coefficient (Wildman–Crippen LogP) is 3.41. The summed E-state index contributed by atoms with van der Waals surface area (Å²) in [5, 5.41) is 0. The van der Waals surface area contributed by atoms with Crippen LogP contribution in [0.1, 0.15) is 52.9 Å². The quantitative estimate of drug-likeness (QED) is 0.300. The van der Waals surface area contributed by atoms with Crippen molar-refractivity contribution in [1.29, 1.82) is 0 Å². The van der Waals surface area contributed by atoms with E-state index in [1.165, 1.54) is 6.42 Å². The van der Waals surface area contributed by atoms with Gasteiger partial charge in [0.25, 0.3) is 0 Å². The van der Waals surface area contributed by atoms with E-state index < -0.39 is 0 Å². The lowest BCUT2D eigenvalue weighted by atomic mass is 9.67. The van der Waals surface area contributed by atoms with Crippen molar-refractivity contribution in [1.82, 2.24) is 0 Å². The molecule has 9 unspecified atom stereocenters. The Morgan fingerprint density at radius 3 is 2.46 bits per heavy atom. The summed E-state index contributed by atoms with van der Waals surface area (Å²) in [5.74, 6) is 3.39. The van der Waals surface area contributed by atoms with Crippen molar-refractivity contribution in [2.45, 2.75) is 59.0 Å². The zero-order chi connectivity index (χ0) is 18.4. The molecule has 0 spiro atoms. The van der Waals surface area contributed by atoms with E-state index in [2.05, 4.69) is 0 Å². The highest BCUT2D eigenvalue weighted by molar-refractivity contribution is 5.74. The maximum Gasteiger partial charge on any atom is 0.311 e. The molecule has 0 amide bonds. The number of hydrogen-bond donors (Lipinski definition) is 0. The maximum atomic E-state index is 12.5. The molecule has 4 aliphatic rings. The molecule has 5 nitrogen and oxygen atoms in total. The van der Waals surface area contributed by atoms with Gasteiger partial charge < -0.3 is 14.2 Å². The maximum absolute atomic E-state index is 12.5. The van der Waals surface area contributed by atoms with Gasteiger partial charge >= 0.3 is 11.9 Å². The van der Waals surface area contributed by atoms with E-state index in [9.17, 15) is 9.59 Å². The van der Waals surface area contributed by atoms with Crippen molar-refractivity contribution in [2.24, 2.45) is 47.3 Å². The monoisotopic (exact) mass is 364 g/mol. The lowest BCUT2D eigenvalue weighted by Crippen LogP contribution is -2.42. The average molecular weight is 364 g/mol. The third-order valence-electron chi connectivity index (χ3n) is 7.83. The van der Waals surface area contributed by atoms with Gasteiger partial charge in [-0.3, -0.25) is 9.59 Å². The molecule has 4 saturated carbocycles. The van der Waals surface area contributed by atoms with E-state index in [1.807, 2.05) is 20.8 Å². The molecule has 0 saturated heterocycles. The molecule has 0 radical (unpaired) electrons. The van der Waals surface area contributed by atoms with Crippen LogP contribution in [0.5, 0.6) is 0 Å². The lowest BCUT2D eigenvalue weighted by Gasteiger charge is -2.40. The topological polar surface area (TPSA) is 61.8 Å². The first-order valence-electron chi connectivity index (χ1n) is 10.5. The van der Waals surface area contributed by atoms with Crippen LogP contribution >= 0.6 is 0 Å². The number of esters is 2. The Bertz CT molecular complexity index is 561. The van der Waals surface area contributed by atoms with Crippen LogP contribution in [-0.2, 0) is 23.8 Å². The number of fused-ring (bicyclic) bond motifs is 9. The van der Waals surface area contributed by atoms with Crippen LogP contribution in [0.4, 0.5) is 0 Å². The molecular formula is C21H32O5. The minimum Gasteiger partial charge on any atom is -0.462 e. The number of ether oxygens (including phenoxy) is 3. The van der Waals surface area contributed by atoms with Gasteiger partial charge in [-0.25, -0.2) is 0 Å². The summed E-state index contributed by atoms with van der Waals surface area (Å²) in [5.41, 5.74) is 0. The van der Waals surface area contributed by atoms with E-state index in [1.54, 1.807) is 0 Å². The second kappa shape index (κ2) is 7.14. The van der Waals surface area contributed by atoms with Gasteiger partial charge in [0.2, 0.25) is 0 Å². The van der Waals surface area contributed by atoms with Gasteiger partial charge in [-0.05, 0) is 74.5 Å². The SMILES string of the molecule is CCOCOC(=O)C1CC2CC1C1C3CC(CC3OC(=O)C(C)CC)C21. The Kier molecular flexibility index (Phi) is 5.02. The molecule has 0 aromatic heterocycles. The molecule has 0 aliphatic heterocycles. The zero-order valence-electron chi connectivity index (χ0n) is 16.2. The van der Waals surface area contributed by atoms with Crippen molar-refractivity contribution in [2.75, 3.05) is 13.4 Å². The molecule has 0 N–H and O–H groups in total. The molecule has 9 atom stereocenters. The summed E-state index contributed by atoms with van der Waals surface area (Å²) < 4.78 is 16.4. The summed E-state index contributed by atoms with van der Waals surface area (Å²) >= 11 is 0. The summed E-state index contributed by atoms with van der Waals surface area (Å²) in [6.45, 7) is 6.49. The Balaban J connectivity index is 1.41. The van der Waals surface area contributed by atoms with Gasteiger partial charge in [0.1, 0.15) is 6.10 Å². The third-order valence-corrected chi connectivity index (χ3v) is 7.83. The first-order valence-corrected chi connectivity index (χ1v) is 10.5. The summed E-state index contributed by atoms with van der Waals surface area (Å²) in [7, 11) is 0. The minimum atomic E-state index is -0.0830. The second-order valence-electron chi connectivity index (χ2n) is 8.91. The summed E-state index contributed by atoms with van der Waals surface area (Å²) in [6, 6.07) is 0. The van der Waals surface area contributed by atoms with E-state index in [0.717, 1.165) is 31.6 Å². The van der Waals surface area contributed by atoms with Crippen molar-refractivity contribution >= 4 is 11.9 Å². The molecule has 0 heterocycles. The lowest BCUT2D eigenvalue weighted by molar-refractivity contribution is -0.167. The van der Waals surface area contributed by atoms with E-state index in [0.29, 0.717) is 36.2 Å². The van der Waals surface area contributed by atoms with Crippen LogP contribution in [0.15, 0.2) is 0 Å². The van der Waals surface area contributed by atoms with Gasteiger partial charge in [-0.2, -0.15) is 0 Å². The van der Waals surface area contributed by atoms with E-state index in [4.69, 9.17) is 14.2 Å². The Hall–Kier alpha value is -1.10.